The first-order valence-corrected chi connectivity index (χ1v) is 7.95. The monoisotopic (exact) mass is 311 g/mol. The van der Waals surface area contributed by atoms with Gasteiger partial charge < -0.3 is 15.0 Å². The lowest BCUT2D eigenvalue weighted by molar-refractivity contribution is 0.116. The molecule has 4 nitrogen and oxygen atoms in total. The SMILES string of the molecule is CN(CC1CCCO1)c1cc(CNC(C)(C)C)c(Cl)cn1. The summed E-state index contributed by atoms with van der Waals surface area (Å²) < 4.78 is 5.68. The van der Waals surface area contributed by atoms with E-state index in [1.54, 1.807) is 6.20 Å². The second-order valence-corrected chi connectivity index (χ2v) is 7.16. The number of pyridine rings is 1. The minimum absolute atomic E-state index is 0.0658. The molecule has 0 aliphatic carbocycles. The second-order valence-electron chi connectivity index (χ2n) is 6.75. The summed E-state index contributed by atoms with van der Waals surface area (Å²) in [5, 5.41) is 4.17. The van der Waals surface area contributed by atoms with Gasteiger partial charge in [-0.05, 0) is 45.2 Å². The standard InChI is InChI=1S/C16H26ClN3O/c1-16(2,3)19-9-12-8-15(18-10-14(12)17)20(4)11-13-6-5-7-21-13/h8,10,13,19H,5-7,9,11H2,1-4H3. The first kappa shape index (κ1) is 16.5. The topological polar surface area (TPSA) is 37.4 Å². The highest BCUT2D eigenvalue weighted by molar-refractivity contribution is 6.31. The third-order valence-electron chi connectivity index (χ3n) is 3.62. The fraction of sp³-hybridized carbons (Fsp3) is 0.688. The number of likely N-dealkylation sites (N-methyl/N-ethyl adjacent to an activating group) is 1. The van der Waals surface area contributed by atoms with Crippen LogP contribution < -0.4 is 10.2 Å². The second kappa shape index (κ2) is 6.95. The number of ether oxygens (including phenoxy) is 1. The summed E-state index contributed by atoms with van der Waals surface area (Å²) in [6, 6.07) is 2.07. The van der Waals surface area contributed by atoms with Crippen LogP contribution in [0.1, 0.15) is 39.2 Å². The van der Waals surface area contributed by atoms with Crippen LogP contribution in [-0.4, -0.2) is 36.8 Å². The number of halogens is 1. The third-order valence-corrected chi connectivity index (χ3v) is 3.96. The number of rotatable bonds is 5. The van der Waals surface area contributed by atoms with E-state index >= 15 is 0 Å². The molecule has 1 unspecified atom stereocenters. The van der Waals surface area contributed by atoms with Gasteiger partial charge in [0, 0.05) is 38.5 Å². The van der Waals surface area contributed by atoms with Crippen molar-refractivity contribution >= 4 is 17.4 Å². The number of nitrogens with zero attached hydrogens (tertiary/aromatic N) is 2. The van der Waals surface area contributed by atoms with Crippen molar-refractivity contribution in [1.82, 2.24) is 10.3 Å². The van der Waals surface area contributed by atoms with Crippen molar-refractivity contribution in [3.05, 3.63) is 22.8 Å². The summed E-state index contributed by atoms with van der Waals surface area (Å²) in [7, 11) is 2.05. The molecule has 1 fully saturated rings. The van der Waals surface area contributed by atoms with E-state index < -0.39 is 0 Å². The lowest BCUT2D eigenvalue weighted by Crippen LogP contribution is -2.35. The van der Waals surface area contributed by atoms with Crippen LogP contribution in [0.15, 0.2) is 12.3 Å². The molecule has 5 heteroatoms. The number of hydrogen-bond acceptors (Lipinski definition) is 4. The van der Waals surface area contributed by atoms with Crippen molar-refractivity contribution in [3.63, 3.8) is 0 Å². The van der Waals surface area contributed by atoms with Gasteiger partial charge in [-0.25, -0.2) is 4.98 Å². The zero-order chi connectivity index (χ0) is 15.5. The van der Waals surface area contributed by atoms with Crippen molar-refractivity contribution in [3.8, 4) is 0 Å². The molecule has 0 radical (unpaired) electrons. The van der Waals surface area contributed by atoms with Crippen molar-refractivity contribution in [2.45, 2.75) is 51.8 Å². The summed E-state index contributed by atoms with van der Waals surface area (Å²) in [6.07, 6.45) is 4.36. The molecule has 1 aromatic heterocycles. The van der Waals surface area contributed by atoms with Gasteiger partial charge in [0.1, 0.15) is 5.82 Å². The van der Waals surface area contributed by atoms with Crippen LogP contribution in [0.2, 0.25) is 5.02 Å². The molecule has 1 saturated heterocycles. The van der Waals surface area contributed by atoms with Crippen molar-refractivity contribution in [2.75, 3.05) is 25.1 Å². The normalized spacial score (nSPS) is 19.0. The predicted octanol–water partition coefficient (Wildman–Crippen LogP) is 3.24. The Morgan fingerprint density at radius 1 is 1.48 bits per heavy atom. The zero-order valence-electron chi connectivity index (χ0n) is 13.4. The first-order chi connectivity index (χ1) is 9.85. The molecule has 118 valence electrons. The van der Waals surface area contributed by atoms with E-state index in [0.29, 0.717) is 11.1 Å². The summed E-state index contributed by atoms with van der Waals surface area (Å²) in [6.45, 7) is 8.94. The average molecular weight is 312 g/mol. The highest BCUT2D eigenvalue weighted by Crippen LogP contribution is 2.22. The highest BCUT2D eigenvalue weighted by atomic mass is 35.5. The number of hydrogen-bond donors (Lipinski definition) is 1. The Morgan fingerprint density at radius 3 is 2.86 bits per heavy atom. The minimum Gasteiger partial charge on any atom is -0.376 e. The number of aromatic nitrogens is 1. The third kappa shape index (κ3) is 5.13. The van der Waals surface area contributed by atoms with Crippen LogP contribution in [-0.2, 0) is 11.3 Å². The predicted molar refractivity (Wildman–Crippen MR) is 88.1 cm³/mol. The minimum atomic E-state index is 0.0658. The molecule has 1 aliphatic heterocycles. The summed E-state index contributed by atoms with van der Waals surface area (Å²) in [5.74, 6) is 0.945. The Balaban J connectivity index is 2.02. The van der Waals surface area contributed by atoms with E-state index in [2.05, 4.69) is 49.1 Å². The maximum Gasteiger partial charge on any atom is 0.128 e. The molecule has 1 aromatic rings. The Hall–Kier alpha value is -0.840. The van der Waals surface area contributed by atoms with Gasteiger partial charge in [-0.15, -0.1) is 0 Å². The Morgan fingerprint density at radius 2 is 2.24 bits per heavy atom. The molecule has 0 bridgehead atoms. The first-order valence-electron chi connectivity index (χ1n) is 7.57. The van der Waals surface area contributed by atoms with Crippen LogP contribution in [0.3, 0.4) is 0 Å². The smallest absolute Gasteiger partial charge is 0.128 e. The van der Waals surface area contributed by atoms with Gasteiger partial charge in [0.2, 0.25) is 0 Å². The van der Waals surface area contributed by atoms with Crippen molar-refractivity contribution in [1.29, 1.82) is 0 Å². The van der Waals surface area contributed by atoms with Crippen LogP contribution in [0.5, 0.6) is 0 Å². The fourth-order valence-electron chi connectivity index (χ4n) is 2.36. The van der Waals surface area contributed by atoms with Crippen LogP contribution in [0, 0.1) is 0 Å². The van der Waals surface area contributed by atoms with Crippen molar-refractivity contribution in [2.24, 2.45) is 0 Å². The molecular weight excluding hydrogens is 286 g/mol. The maximum atomic E-state index is 6.25. The molecule has 1 atom stereocenters. The Labute approximate surface area is 132 Å². The molecular formula is C16H26ClN3O. The molecule has 1 N–H and O–H groups in total. The number of anilines is 1. The fourth-order valence-corrected chi connectivity index (χ4v) is 2.53. The highest BCUT2D eigenvalue weighted by Gasteiger charge is 2.19. The zero-order valence-corrected chi connectivity index (χ0v) is 14.2. The summed E-state index contributed by atoms with van der Waals surface area (Å²) in [5.41, 5.74) is 1.15. The molecule has 0 spiro atoms. The molecule has 0 aromatic carbocycles. The van der Waals surface area contributed by atoms with Gasteiger partial charge in [-0.3, -0.25) is 0 Å². The largest absolute Gasteiger partial charge is 0.376 e. The van der Waals surface area contributed by atoms with E-state index in [1.165, 1.54) is 0 Å². The van der Waals surface area contributed by atoms with Crippen molar-refractivity contribution < 1.29 is 4.74 Å². The van der Waals surface area contributed by atoms with E-state index in [1.807, 2.05) is 0 Å². The van der Waals surface area contributed by atoms with Gasteiger partial charge in [0.25, 0.3) is 0 Å². The Kier molecular flexibility index (Phi) is 5.47. The summed E-state index contributed by atoms with van der Waals surface area (Å²) >= 11 is 6.25. The van der Waals surface area contributed by atoms with Gasteiger partial charge in [-0.1, -0.05) is 11.6 Å². The van der Waals surface area contributed by atoms with E-state index in [4.69, 9.17) is 16.3 Å². The summed E-state index contributed by atoms with van der Waals surface area (Å²) in [4.78, 5) is 6.58. The molecule has 1 aliphatic rings. The van der Waals surface area contributed by atoms with Crippen LogP contribution in [0.25, 0.3) is 0 Å². The van der Waals surface area contributed by atoms with Gasteiger partial charge in [-0.2, -0.15) is 0 Å². The van der Waals surface area contributed by atoms with E-state index in [-0.39, 0.29) is 5.54 Å². The molecule has 0 saturated carbocycles. The van der Waals surface area contributed by atoms with Gasteiger partial charge in [0.05, 0.1) is 11.1 Å². The van der Waals surface area contributed by atoms with Gasteiger partial charge in [0.15, 0.2) is 0 Å². The average Bonchev–Trinajstić information content (AvgIpc) is 2.89. The lowest BCUT2D eigenvalue weighted by Gasteiger charge is -2.24. The van der Waals surface area contributed by atoms with Crippen LogP contribution in [0.4, 0.5) is 5.82 Å². The molecule has 2 heterocycles. The molecule has 0 amide bonds. The maximum absolute atomic E-state index is 6.25. The van der Waals surface area contributed by atoms with E-state index in [9.17, 15) is 0 Å². The Bertz CT molecular complexity index is 467. The quantitative estimate of drug-likeness (QED) is 0.906. The van der Waals surface area contributed by atoms with Gasteiger partial charge >= 0.3 is 0 Å². The number of nitrogens with one attached hydrogen (secondary N) is 1. The molecule has 21 heavy (non-hydrogen) atoms. The van der Waals surface area contributed by atoms with E-state index in [0.717, 1.165) is 43.9 Å². The van der Waals surface area contributed by atoms with Crippen LogP contribution >= 0.6 is 11.6 Å². The lowest BCUT2D eigenvalue weighted by atomic mass is 10.1. The molecule has 2 rings (SSSR count).